The molecular weight excluding hydrogens is 348 g/mol. The van der Waals surface area contributed by atoms with Crippen LogP contribution in [-0.4, -0.2) is 30.6 Å². The Morgan fingerprint density at radius 3 is 2.72 bits per heavy atom. The summed E-state index contributed by atoms with van der Waals surface area (Å²) in [5.41, 5.74) is 1.06. The topological polar surface area (TPSA) is 97.6 Å². The number of fused-ring (bicyclic) bond motifs is 1. The molecule has 0 bridgehead atoms. The Kier molecular flexibility index (Phi) is 6.03. The molecule has 25 heavy (non-hydrogen) atoms. The second-order valence-corrected chi connectivity index (χ2v) is 6.04. The Hall–Kier alpha value is -2.54. The maximum atomic E-state index is 12.1. The van der Waals surface area contributed by atoms with Gasteiger partial charge in [-0.2, -0.15) is 0 Å². The number of imide groups is 1. The number of nitrogens with one attached hydrogen (secondary N) is 2. The molecule has 0 saturated heterocycles. The third-order valence-corrected chi connectivity index (χ3v) is 3.90. The highest BCUT2D eigenvalue weighted by molar-refractivity contribution is 6.31. The number of carbonyl (C=O) groups is 3. The zero-order valence-corrected chi connectivity index (χ0v) is 14.9. The maximum absolute atomic E-state index is 12.1. The summed E-state index contributed by atoms with van der Waals surface area (Å²) in [4.78, 5) is 35.3. The molecule has 0 unspecified atom stereocenters. The number of ether oxygens (including phenoxy) is 1. The van der Waals surface area contributed by atoms with Crippen molar-refractivity contribution in [1.82, 2.24) is 10.6 Å². The van der Waals surface area contributed by atoms with Crippen LogP contribution in [0.4, 0.5) is 4.79 Å². The van der Waals surface area contributed by atoms with E-state index in [9.17, 15) is 14.4 Å². The van der Waals surface area contributed by atoms with Gasteiger partial charge >= 0.3 is 12.0 Å². The number of hydrogen-bond acceptors (Lipinski definition) is 5. The van der Waals surface area contributed by atoms with Crippen LogP contribution in [0.5, 0.6) is 0 Å². The highest BCUT2D eigenvalue weighted by atomic mass is 35.5. The van der Waals surface area contributed by atoms with Gasteiger partial charge in [-0.1, -0.05) is 18.5 Å². The molecule has 2 aromatic rings. The molecule has 0 aliphatic heterocycles. The molecule has 0 aliphatic carbocycles. The van der Waals surface area contributed by atoms with Crippen molar-refractivity contribution in [3.05, 3.63) is 34.5 Å². The van der Waals surface area contributed by atoms with E-state index in [0.29, 0.717) is 21.6 Å². The molecule has 2 rings (SSSR count). The summed E-state index contributed by atoms with van der Waals surface area (Å²) in [7, 11) is 0. The van der Waals surface area contributed by atoms with Gasteiger partial charge in [0, 0.05) is 22.0 Å². The molecule has 1 aromatic heterocycles. The lowest BCUT2D eigenvalue weighted by atomic mass is 10.1. The van der Waals surface area contributed by atoms with Gasteiger partial charge in [0.05, 0.1) is 0 Å². The van der Waals surface area contributed by atoms with Crippen molar-refractivity contribution in [1.29, 1.82) is 0 Å². The molecule has 0 radical (unpaired) electrons. The second kappa shape index (κ2) is 8.02. The largest absolute Gasteiger partial charge is 0.450 e. The van der Waals surface area contributed by atoms with Crippen molar-refractivity contribution in [2.45, 2.75) is 33.2 Å². The van der Waals surface area contributed by atoms with Crippen molar-refractivity contribution in [2.75, 3.05) is 6.61 Å². The minimum absolute atomic E-state index is 0.00544. The van der Waals surface area contributed by atoms with Crippen LogP contribution in [0.2, 0.25) is 5.02 Å². The van der Waals surface area contributed by atoms with Crippen molar-refractivity contribution < 1.29 is 23.5 Å². The number of rotatable bonds is 5. The molecule has 2 N–H and O–H groups in total. The maximum Gasteiger partial charge on any atom is 0.375 e. The molecule has 1 atom stereocenters. The Labute approximate surface area is 149 Å². The molecule has 3 amide bonds. The number of esters is 1. The predicted octanol–water partition coefficient (Wildman–Crippen LogP) is 3.18. The molecule has 1 heterocycles. The number of furan rings is 1. The minimum atomic E-state index is -0.790. The Balaban J connectivity index is 1.95. The Morgan fingerprint density at radius 1 is 1.32 bits per heavy atom. The molecule has 0 fully saturated rings. The molecular formula is C17H19ClN2O5. The number of urea groups is 1. The average Bonchev–Trinajstić information content (AvgIpc) is 2.89. The fraction of sp³-hybridized carbons (Fsp3) is 0.353. The Morgan fingerprint density at radius 2 is 2.04 bits per heavy atom. The van der Waals surface area contributed by atoms with Crippen molar-refractivity contribution in [3.8, 4) is 0 Å². The first kappa shape index (κ1) is 18.8. The summed E-state index contributed by atoms with van der Waals surface area (Å²) in [6.07, 6.45) is 0.728. The zero-order valence-electron chi connectivity index (χ0n) is 14.1. The number of benzene rings is 1. The summed E-state index contributed by atoms with van der Waals surface area (Å²) in [6, 6.07) is 4.27. The van der Waals surface area contributed by atoms with Gasteiger partial charge in [-0.3, -0.25) is 10.1 Å². The normalized spacial score (nSPS) is 11.8. The van der Waals surface area contributed by atoms with Gasteiger partial charge in [0.25, 0.3) is 5.91 Å². The quantitative estimate of drug-likeness (QED) is 0.792. The average molecular weight is 367 g/mol. The number of halogens is 1. The molecule has 7 nitrogen and oxygen atoms in total. The van der Waals surface area contributed by atoms with E-state index in [1.807, 2.05) is 6.92 Å². The molecule has 0 saturated carbocycles. The minimum Gasteiger partial charge on any atom is -0.450 e. The fourth-order valence-electron chi connectivity index (χ4n) is 2.11. The van der Waals surface area contributed by atoms with E-state index >= 15 is 0 Å². The number of carbonyl (C=O) groups excluding carboxylic acids is 3. The monoisotopic (exact) mass is 366 g/mol. The molecule has 0 aliphatic rings. The summed E-state index contributed by atoms with van der Waals surface area (Å²) in [5.74, 6) is -1.53. The lowest BCUT2D eigenvalue weighted by Crippen LogP contribution is -2.44. The van der Waals surface area contributed by atoms with Crippen LogP contribution in [-0.2, 0) is 9.53 Å². The summed E-state index contributed by atoms with van der Waals surface area (Å²) in [6.45, 7) is 4.81. The molecule has 134 valence electrons. The van der Waals surface area contributed by atoms with Crippen LogP contribution in [0, 0.1) is 6.92 Å². The number of amides is 3. The van der Waals surface area contributed by atoms with Crippen molar-refractivity contribution in [2.24, 2.45) is 0 Å². The third-order valence-electron chi connectivity index (χ3n) is 3.66. The first-order chi connectivity index (χ1) is 11.8. The van der Waals surface area contributed by atoms with E-state index in [-0.39, 0.29) is 11.8 Å². The first-order valence-electron chi connectivity index (χ1n) is 7.78. The highest BCUT2D eigenvalue weighted by Gasteiger charge is 2.20. The van der Waals surface area contributed by atoms with Crippen LogP contribution in [0.1, 0.15) is 36.4 Å². The van der Waals surface area contributed by atoms with E-state index < -0.39 is 24.5 Å². The Bertz CT molecular complexity index is 815. The van der Waals surface area contributed by atoms with Crippen molar-refractivity contribution >= 4 is 40.5 Å². The fourth-order valence-corrected chi connectivity index (χ4v) is 2.28. The lowest BCUT2D eigenvalue weighted by molar-refractivity contribution is -0.123. The van der Waals surface area contributed by atoms with Gasteiger partial charge in [0.2, 0.25) is 5.76 Å². The zero-order chi connectivity index (χ0) is 18.6. The smallest absolute Gasteiger partial charge is 0.375 e. The van der Waals surface area contributed by atoms with Gasteiger partial charge in [-0.05, 0) is 38.5 Å². The van der Waals surface area contributed by atoms with E-state index in [4.69, 9.17) is 20.8 Å². The van der Waals surface area contributed by atoms with E-state index in [2.05, 4.69) is 10.6 Å². The van der Waals surface area contributed by atoms with E-state index in [0.717, 1.165) is 6.42 Å². The van der Waals surface area contributed by atoms with Crippen LogP contribution in [0.3, 0.4) is 0 Å². The second-order valence-electron chi connectivity index (χ2n) is 5.60. The summed E-state index contributed by atoms with van der Waals surface area (Å²) in [5, 5.41) is 5.86. The van der Waals surface area contributed by atoms with Gasteiger partial charge in [-0.15, -0.1) is 0 Å². The van der Waals surface area contributed by atoms with Gasteiger partial charge in [-0.25, -0.2) is 9.59 Å². The standard InChI is InChI=1S/C17H19ClN2O5/c1-4-9(2)19-17(23)20-14(21)8-24-16(22)15-10(3)12-7-11(18)5-6-13(12)25-15/h5-7,9H,4,8H2,1-3H3,(H2,19,20,21,23)/t9-/m0/s1. The predicted molar refractivity (Wildman–Crippen MR) is 92.7 cm³/mol. The van der Waals surface area contributed by atoms with E-state index in [1.54, 1.807) is 32.0 Å². The number of aryl methyl sites for hydroxylation is 1. The van der Waals surface area contributed by atoms with E-state index in [1.165, 1.54) is 0 Å². The third kappa shape index (κ3) is 4.73. The summed E-state index contributed by atoms with van der Waals surface area (Å²) >= 11 is 5.93. The lowest BCUT2D eigenvalue weighted by Gasteiger charge is -2.11. The van der Waals surface area contributed by atoms with Crippen LogP contribution in [0.25, 0.3) is 11.0 Å². The first-order valence-corrected chi connectivity index (χ1v) is 8.15. The number of hydrogen-bond donors (Lipinski definition) is 2. The highest BCUT2D eigenvalue weighted by Crippen LogP contribution is 2.28. The van der Waals surface area contributed by atoms with Gasteiger partial charge in [0.1, 0.15) is 5.58 Å². The summed E-state index contributed by atoms with van der Waals surface area (Å²) < 4.78 is 10.4. The molecule has 8 heteroatoms. The molecule has 0 spiro atoms. The SMILES string of the molecule is CC[C@H](C)NC(=O)NC(=O)COC(=O)c1oc2ccc(Cl)cc2c1C. The van der Waals surface area contributed by atoms with Crippen LogP contribution in [0.15, 0.2) is 22.6 Å². The van der Waals surface area contributed by atoms with Crippen LogP contribution < -0.4 is 10.6 Å². The van der Waals surface area contributed by atoms with Gasteiger partial charge in [0.15, 0.2) is 6.61 Å². The van der Waals surface area contributed by atoms with Crippen molar-refractivity contribution in [3.63, 3.8) is 0 Å². The van der Waals surface area contributed by atoms with Gasteiger partial charge < -0.3 is 14.5 Å². The van der Waals surface area contributed by atoms with Crippen LogP contribution >= 0.6 is 11.6 Å². The molecule has 1 aromatic carbocycles.